The van der Waals surface area contributed by atoms with Crippen molar-refractivity contribution in [2.75, 3.05) is 20.1 Å². The predicted octanol–water partition coefficient (Wildman–Crippen LogP) is 5.81. The van der Waals surface area contributed by atoms with Crippen LogP contribution < -0.4 is 9.46 Å². The van der Waals surface area contributed by atoms with Crippen LogP contribution >= 0.6 is 0 Å². The van der Waals surface area contributed by atoms with E-state index in [-0.39, 0.29) is 47.9 Å². The molecule has 2 aromatic carbocycles. The summed E-state index contributed by atoms with van der Waals surface area (Å²) in [5.41, 5.74) is 1.48. The number of unbranched alkanes of at least 4 members (excludes halogenated alkanes) is 1. The number of nitrogens with one attached hydrogen (secondary N) is 1. The lowest BCUT2D eigenvalue weighted by Crippen LogP contribution is -2.38. The minimum absolute atomic E-state index is 0.0805. The molecule has 0 bridgehead atoms. The molecule has 1 N–H and O–H groups in total. The van der Waals surface area contributed by atoms with Crippen molar-refractivity contribution in [2.45, 2.75) is 82.6 Å². The third-order valence-electron chi connectivity index (χ3n) is 6.64. The lowest BCUT2D eigenvalue weighted by molar-refractivity contribution is -0.274. The molecule has 0 saturated carbocycles. The van der Waals surface area contributed by atoms with Gasteiger partial charge in [-0.15, -0.1) is 13.2 Å². The number of fused-ring (bicyclic) bond motifs is 1. The molecule has 0 atom stereocenters. The normalized spacial score (nSPS) is 13.5. The highest BCUT2D eigenvalue weighted by Crippen LogP contribution is 2.31. The van der Waals surface area contributed by atoms with Crippen molar-refractivity contribution in [3.8, 4) is 5.75 Å². The molecule has 1 aliphatic carbocycles. The van der Waals surface area contributed by atoms with Crippen molar-refractivity contribution in [3.63, 3.8) is 0 Å². The summed E-state index contributed by atoms with van der Waals surface area (Å²) in [7, 11) is -2.38. The van der Waals surface area contributed by atoms with Crippen LogP contribution in [0.5, 0.6) is 5.75 Å². The van der Waals surface area contributed by atoms with Gasteiger partial charge in [0.2, 0.25) is 10.0 Å². The summed E-state index contributed by atoms with van der Waals surface area (Å²) in [6.45, 7) is 5.44. The van der Waals surface area contributed by atoms with E-state index < -0.39 is 28.1 Å². The Labute approximate surface area is 239 Å². The summed E-state index contributed by atoms with van der Waals surface area (Å²) >= 11 is 0. The molecule has 3 rings (SSSR count). The summed E-state index contributed by atoms with van der Waals surface area (Å²) in [6.07, 6.45) is -2.19. The zero-order valence-electron chi connectivity index (χ0n) is 23.8. The number of ether oxygens (including phenoxy) is 2. The van der Waals surface area contributed by atoms with E-state index in [4.69, 9.17) is 4.74 Å². The number of carbonyl (C=O) groups excluding carboxylic acids is 2. The maximum absolute atomic E-state index is 13.0. The number of aryl methyl sites for hydroxylation is 1. The molecule has 0 aromatic heterocycles. The summed E-state index contributed by atoms with van der Waals surface area (Å²) in [5.74, 6) is -0.530. The Hall–Kier alpha value is -3.12. The molecule has 1 aliphatic rings. The fourth-order valence-corrected chi connectivity index (χ4v) is 5.78. The van der Waals surface area contributed by atoms with Gasteiger partial charge in [-0.25, -0.2) is 17.9 Å². The van der Waals surface area contributed by atoms with Crippen molar-refractivity contribution in [1.29, 1.82) is 0 Å². The Morgan fingerprint density at radius 3 is 2.39 bits per heavy atom. The zero-order chi connectivity index (χ0) is 30.4. The molecule has 2 aromatic rings. The van der Waals surface area contributed by atoms with Gasteiger partial charge >= 0.3 is 12.5 Å². The lowest BCUT2D eigenvalue weighted by atomic mass is 10.0. The Balaban J connectivity index is 1.66. The van der Waals surface area contributed by atoms with E-state index in [1.807, 2.05) is 0 Å². The van der Waals surface area contributed by atoms with Crippen molar-refractivity contribution in [1.82, 2.24) is 9.62 Å². The van der Waals surface area contributed by atoms with Gasteiger partial charge in [0, 0.05) is 25.1 Å². The Kier molecular flexibility index (Phi) is 10.5. The van der Waals surface area contributed by atoms with Gasteiger partial charge in [-0.05, 0) is 101 Å². The number of rotatable bonds is 12. The molecular weight excluding hydrogens is 561 g/mol. The minimum Gasteiger partial charge on any atom is -0.444 e. The number of Topliss-reactive ketones (excluding diaryl/α,β-unsaturated/α-hetero) is 1. The van der Waals surface area contributed by atoms with Crippen LogP contribution in [0.4, 0.5) is 18.0 Å². The molecule has 0 unspecified atom stereocenters. The van der Waals surface area contributed by atoms with Crippen LogP contribution in [0.3, 0.4) is 0 Å². The van der Waals surface area contributed by atoms with Gasteiger partial charge in [0.25, 0.3) is 0 Å². The number of sulfonamides is 1. The highest BCUT2D eigenvalue weighted by molar-refractivity contribution is 7.89. The van der Waals surface area contributed by atoms with Crippen molar-refractivity contribution in [3.05, 3.63) is 58.7 Å². The number of hydrogen-bond donors (Lipinski definition) is 1. The third kappa shape index (κ3) is 9.46. The number of nitrogens with zero attached hydrogens (tertiary/aromatic N) is 1. The number of halogens is 3. The van der Waals surface area contributed by atoms with E-state index in [9.17, 15) is 31.2 Å². The van der Waals surface area contributed by atoms with Crippen LogP contribution in [0.2, 0.25) is 0 Å². The van der Waals surface area contributed by atoms with Gasteiger partial charge in [-0.1, -0.05) is 18.2 Å². The van der Waals surface area contributed by atoms with Gasteiger partial charge in [-0.2, -0.15) is 0 Å². The smallest absolute Gasteiger partial charge is 0.444 e. The Morgan fingerprint density at radius 2 is 1.73 bits per heavy atom. The van der Waals surface area contributed by atoms with E-state index in [2.05, 4.69) is 9.46 Å². The molecule has 0 heterocycles. The monoisotopic (exact) mass is 598 g/mol. The molecule has 0 fully saturated rings. The summed E-state index contributed by atoms with van der Waals surface area (Å²) in [4.78, 5) is 27.4. The molecule has 0 radical (unpaired) electrons. The number of alkyl halides is 3. The SMILES string of the molecule is CNS(=O)(=O)c1cc(C(=O)CCCCN(CCc2ccccc2OC(F)(F)F)C(=O)OC(C)(C)C)cc2c1CCC2. The fraction of sp³-hybridized carbons (Fsp3) is 0.517. The van der Waals surface area contributed by atoms with Crippen molar-refractivity contribution in [2.24, 2.45) is 0 Å². The summed E-state index contributed by atoms with van der Waals surface area (Å²) in [5, 5.41) is 0. The molecule has 1 amide bonds. The van der Waals surface area contributed by atoms with E-state index in [0.717, 1.165) is 17.5 Å². The topological polar surface area (TPSA) is 102 Å². The minimum atomic E-state index is -4.84. The third-order valence-corrected chi connectivity index (χ3v) is 8.12. The molecule has 12 heteroatoms. The van der Waals surface area contributed by atoms with Gasteiger partial charge in [0.15, 0.2) is 5.78 Å². The molecule has 226 valence electrons. The molecule has 0 aliphatic heterocycles. The number of benzene rings is 2. The number of ketones is 1. The van der Waals surface area contributed by atoms with E-state index in [1.165, 1.54) is 36.2 Å². The van der Waals surface area contributed by atoms with E-state index >= 15 is 0 Å². The molecule has 0 saturated heterocycles. The average Bonchev–Trinajstić information content (AvgIpc) is 3.35. The molecule has 8 nitrogen and oxygen atoms in total. The van der Waals surface area contributed by atoms with Crippen molar-refractivity contribution < 1.29 is 40.7 Å². The highest BCUT2D eigenvalue weighted by atomic mass is 32.2. The van der Waals surface area contributed by atoms with Crippen molar-refractivity contribution >= 4 is 21.9 Å². The van der Waals surface area contributed by atoms with Crippen LogP contribution in [0.25, 0.3) is 0 Å². The number of carbonyl (C=O) groups is 2. The second kappa shape index (κ2) is 13.2. The first-order valence-electron chi connectivity index (χ1n) is 13.5. The standard InChI is InChI=1S/C29H37F3N2O6S/c1-28(2,3)40-27(36)34(17-15-20-10-5-6-14-25(20)39-29(30,31)32)16-8-7-13-24(35)22-18-21-11-9-12-23(21)26(19-22)41(37,38)33-4/h5-6,10,14,18-19,33H,7-9,11-13,15-17H2,1-4H3. The van der Waals surface area contributed by atoms with Gasteiger partial charge in [-0.3, -0.25) is 4.79 Å². The van der Waals surface area contributed by atoms with Gasteiger partial charge < -0.3 is 14.4 Å². The fourth-order valence-electron chi connectivity index (χ4n) is 4.72. The lowest BCUT2D eigenvalue weighted by Gasteiger charge is -2.27. The number of amides is 1. The van der Waals surface area contributed by atoms with Crippen LogP contribution in [-0.4, -0.2) is 57.3 Å². The van der Waals surface area contributed by atoms with Crippen LogP contribution in [0.1, 0.15) is 73.5 Å². The second-order valence-electron chi connectivity index (χ2n) is 10.9. The molecular formula is C29H37F3N2O6S. The predicted molar refractivity (Wildman–Crippen MR) is 148 cm³/mol. The number of para-hydroxylation sites is 1. The quantitative estimate of drug-likeness (QED) is 0.244. The second-order valence-corrected chi connectivity index (χ2v) is 12.8. The van der Waals surface area contributed by atoms with E-state index in [0.29, 0.717) is 31.2 Å². The van der Waals surface area contributed by atoms with Crippen LogP contribution in [0.15, 0.2) is 41.3 Å². The first kappa shape index (κ1) is 32.4. The number of hydrogen-bond acceptors (Lipinski definition) is 6. The maximum atomic E-state index is 13.0. The molecule has 0 spiro atoms. The highest BCUT2D eigenvalue weighted by Gasteiger charge is 2.32. The Bertz CT molecular complexity index is 1350. The Morgan fingerprint density at radius 1 is 1.02 bits per heavy atom. The van der Waals surface area contributed by atoms with Crippen LogP contribution in [-0.2, 0) is 34.0 Å². The van der Waals surface area contributed by atoms with E-state index in [1.54, 1.807) is 32.9 Å². The van der Waals surface area contributed by atoms with Gasteiger partial charge in [0.1, 0.15) is 11.4 Å². The summed E-state index contributed by atoms with van der Waals surface area (Å²) < 4.78 is 75.5. The largest absolute Gasteiger partial charge is 0.573 e. The van der Waals surface area contributed by atoms with Gasteiger partial charge in [0.05, 0.1) is 4.90 Å². The molecule has 41 heavy (non-hydrogen) atoms. The first-order valence-corrected chi connectivity index (χ1v) is 15.0. The average molecular weight is 599 g/mol. The zero-order valence-corrected chi connectivity index (χ0v) is 24.6. The summed E-state index contributed by atoms with van der Waals surface area (Å²) in [6, 6.07) is 8.96. The first-order chi connectivity index (χ1) is 19.1. The van der Waals surface area contributed by atoms with Crippen LogP contribution in [0, 0.1) is 0 Å². The maximum Gasteiger partial charge on any atom is 0.573 e.